The molecule has 2 amide bonds. The fourth-order valence-corrected chi connectivity index (χ4v) is 1.50. The lowest BCUT2D eigenvalue weighted by atomic mass is 9.99. The Bertz CT molecular complexity index is 265. The third kappa shape index (κ3) is 3.39. The van der Waals surface area contributed by atoms with Gasteiger partial charge in [0, 0.05) is 6.61 Å². The topological polar surface area (TPSA) is 87.7 Å². The second-order valence-electron chi connectivity index (χ2n) is 4.01. The zero-order valence-electron chi connectivity index (χ0n) is 8.87. The second-order valence-corrected chi connectivity index (χ2v) is 4.01. The van der Waals surface area contributed by atoms with E-state index in [2.05, 4.69) is 10.6 Å². The number of rotatable bonds is 3. The van der Waals surface area contributed by atoms with E-state index in [0.717, 1.165) is 6.42 Å². The molecule has 1 fully saturated rings. The van der Waals surface area contributed by atoms with Gasteiger partial charge >= 0.3 is 12.0 Å². The molecule has 0 aromatic carbocycles. The lowest BCUT2D eigenvalue weighted by Crippen LogP contribution is -2.50. The quantitative estimate of drug-likeness (QED) is 0.616. The van der Waals surface area contributed by atoms with Gasteiger partial charge in [0.2, 0.25) is 0 Å². The minimum atomic E-state index is -1.06. The Labute approximate surface area is 88.0 Å². The van der Waals surface area contributed by atoms with Crippen LogP contribution in [-0.4, -0.2) is 41.9 Å². The number of aliphatic carboxylic acids is 1. The summed E-state index contributed by atoms with van der Waals surface area (Å²) in [5.74, 6) is -1.06. The first kappa shape index (κ1) is 11.8. The smallest absolute Gasteiger partial charge is 0.323 e. The van der Waals surface area contributed by atoms with Gasteiger partial charge < -0.3 is 20.5 Å². The molecule has 1 saturated heterocycles. The van der Waals surface area contributed by atoms with Crippen LogP contribution in [0.1, 0.15) is 20.3 Å². The first-order valence-corrected chi connectivity index (χ1v) is 4.82. The van der Waals surface area contributed by atoms with Gasteiger partial charge in [-0.25, -0.2) is 4.79 Å². The van der Waals surface area contributed by atoms with Crippen molar-refractivity contribution < 1.29 is 19.4 Å². The van der Waals surface area contributed by atoms with Crippen LogP contribution < -0.4 is 10.6 Å². The highest BCUT2D eigenvalue weighted by Crippen LogP contribution is 2.24. The largest absolute Gasteiger partial charge is 0.480 e. The molecule has 0 aromatic rings. The SMILES string of the molecule is CC1(C)OCCC1NC(=O)NCC(=O)O. The van der Waals surface area contributed by atoms with Crippen LogP contribution in [-0.2, 0) is 9.53 Å². The first-order chi connectivity index (χ1) is 6.92. The van der Waals surface area contributed by atoms with Gasteiger partial charge in [-0.05, 0) is 20.3 Å². The van der Waals surface area contributed by atoms with Gasteiger partial charge in [-0.2, -0.15) is 0 Å². The molecule has 86 valence electrons. The fourth-order valence-electron chi connectivity index (χ4n) is 1.50. The normalized spacial score (nSPS) is 23.5. The van der Waals surface area contributed by atoms with Crippen molar-refractivity contribution in [1.29, 1.82) is 0 Å². The van der Waals surface area contributed by atoms with Gasteiger partial charge in [0.05, 0.1) is 11.6 Å². The molecule has 0 aliphatic carbocycles. The molecule has 6 nitrogen and oxygen atoms in total. The first-order valence-electron chi connectivity index (χ1n) is 4.82. The number of hydrogen-bond acceptors (Lipinski definition) is 3. The summed E-state index contributed by atoms with van der Waals surface area (Å²) in [4.78, 5) is 21.5. The second kappa shape index (κ2) is 4.48. The molecule has 1 atom stereocenters. The van der Waals surface area contributed by atoms with Crippen molar-refractivity contribution in [2.24, 2.45) is 0 Å². The molecule has 0 saturated carbocycles. The monoisotopic (exact) mass is 216 g/mol. The van der Waals surface area contributed by atoms with E-state index >= 15 is 0 Å². The molecular weight excluding hydrogens is 200 g/mol. The average Bonchev–Trinajstić information content (AvgIpc) is 2.43. The lowest BCUT2D eigenvalue weighted by Gasteiger charge is -2.26. The summed E-state index contributed by atoms with van der Waals surface area (Å²) in [6.07, 6.45) is 0.744. The number of carboxylic acids is 1. The molecule has 1 heterocycles. The van der Waals surface area contributed by atoms with Gasteiger partial charge in [-0.1, -0.05) is 0 Å². The number of hydrogen-bond donors (Lipinski definition) is 3. The standard InChI is InChI=1S/C9H16N2O4/c1-9(2)6(3-4-15-9)11-8(14)10-5-7(12)13/h6H,3-5H2,1-2H3,(H,12,13)(H2,10,11,14). The maximum Gasteiger partial charge on any atom is 0.323 e. The molecule has 3 N–H and O–H groups in total. The number of carboxylic acid groups (broad SMARTS) is 1. The third-order valence-corrected chi connectivity index (χ3v) is 2.43. The van der Waals surface area contributed by atoms with Crippen LogP contribution in [0, 0.1) is 0 Å². The molecule has 0 radical (unpaired) electrons. The molecule has 0 spiro atoms. The van der Waals surface area contributed by atoms with Crippen molar-refractivity contribution in [2.75, 3.05) is 13.2 Å². The van der Waals surface area contributed by atoms with Crippen molar-refractivity contribution in [3.05, 3.63) is 0 Å². The summed E-state index contributed by atoms with van der Waals surface area (Å²) in [5, 5.41) is 13.3. The van der Waals surface area contributed by atoms with Crippen LogP contribution >= 0.6 is 0 Å². The molecular formula is C9H16N2O4. The van der Waals surface area contributed by atoms with Crippen LogP contribution in [0.2, 0.25) is 0 Å². The highest BCUT2D eigenvalue weighted by molar-refractivity contribution is 5.80. The Morgan fingerprint density at radius 1 is 1.53 bits per heavy atom. The predicted octanol–water partition coefficient (Wildman–Crippen LogP) is -0.0623. The number of urea groups is 1. The molecule has 0 bridgehead atoms. The van der Waals surface area contributed by atoms with Crippen LogP contribution in [0.4, 0.5) is 4.79 Å². The van der Waals surface area contributed by atoms with Gasteiger partial charge in [0.25, 0.3) is 0 Å². The Hall–Kier alpha value is -1.30. The maximum atomic E-state index is 11.3. The summed E-state index contributed by atoms with van der Waals surface area (Å²) >= 11 is 0. The number of amides is 2. The van der Waals surface area contributed by atoms with E-state index in [1.807, 2.05) is 13.8 Å². The van der Waals surface area contributed by atoms with Gasteiger partial charge in [-0.3, -0.25) is 4.79 Å². The van der Waals surface area contributed by atoms with Crippen LogP contribution in [0.15, 0.2) is 0 Å². The van der Waals surface area contributed by atoms with Crippen molar-refractivity contribution in [3.8, 4) is 0 Å². The molecule has 6 heteroatoms. The highest BCUT2D eigenvalue weighted by atomic mass is 16.5. The molecule has 0 aromatic heterocycles. The van der Waals surface area contributed by atoms with Gasteiger partial charge in [0.1, 0.15) is 6.54 Å². The van der Waals surface area contributed by atoms with Crippen LogP contribution in [0.25, 0.3) is 0 Å². The molecule has 1 rings (SSSR count). The van der Waals surface area contributed by atoms with Crippen molar-refractivity contribution in [3.63, 3.8) is 0 Å². The minimum absolute atomic E-state index is 0.0775. The van der Waals surface area contributed by atoms with E-state index in [9.17, 15) is 9.59 Å². The summed E-state index contributed by atoms with van der Waals surface area (Å²) in [7, 11) is 0. The lowest BCUT2D eigenvalue weighted by molar-refractivity contribution is -0.135. The van der Waals surface area contributed by atoms with Gasteiger partial charge in [0.15, 0.2) is 0 Å². The van der Waals surface area contributed by atoms with Crippen molar-refractivity contribution in [2.45, 2.75) is 31.9 Å². The zero-order chi connectivity index (χ0) is 11.5. The predicted molar refractivity (Wildman–Crippen MR) is 52.6 cm³/mol. The van der Waals surface area contributed by atoms with Gasteiger partial charge in [-0.15, -0.1) is 0 Å². The number of carbonyl (C=O) groups is 2. The van der Waals surface area contributed by atoms with E-state index in [1.165, 1.54) is 0 Å². The molecule has 1 aliphatic rings. The van der Waals surface area contributed by atoms with E-state index in [4.69, 9.17) is 9.84 Å². The summed E-state index contributed by atoms with van der Waals surface area (Å²) < 4.78 is 5.42. The van der Waals surface area contributed by atoms with E-state index in [-0.39, 0.29) is 18.2 Å². The number of carbonyl (C=O) groups excluding carboxylic acids is 1. The summed E-state index contributed by atoms with van der Waals surface area (Å²) in [6, 6.07) is -0.549. The molecule has 15 heavy (non-hydrogen) atoms. The van der Waals surface area contributed by atoms with E-state index in [0.29, 0.717) is 6.61 Å². The number of nitrogens with one attached hydrogen (secondary N) is 2. The maximum absolute atomic E-state index is 11.3. The van der Waals surface area contributed by atoms with E-state index in [1.54, 1.807) is 0 Å². The van der Waals surface area contributed by atoms with E-state index < -0.39 is 12.0 Å². The third-order valence-electron chi connectivity index (χ3n) is 2.43. The summed E-state index contributed by atoms with van der Waals surface area (Å²) in [5.41, 5.74) is -0.388. The average molecular weight is 216 g/mol. The van der Waals surface area contributed by atoms with Crippen LogP contribution in [0.3, 0.4) is 0 Å². The minimum Gasteiger partial charge on any atom is -0.480 e. The highest BCUT2D eigenvalue weighted by Gasteiger charge is 2.36. The number of ether oxygens (including phenoxy) is 1. The Balaban J connectivity index is 2.35. The summed E-state index contributed by atoms with van der Waals surface area (Å²) in [6.45, 7) is 4.01. The molecule has 1 aliphatic heterocycles. The Kier molecular flexibility index (Phi) is 3.52. The Morgan fingerprint density at radius 2 is 2.20 bits per heavy atom. The van der Waals surface area contributed by atoms with Crippen LogP contribution in [0.5, 0.6) is 0 Å². The molecule has 1 unspecified atom stereocenters. The zero-order valence-corrected chi connectivity index (χ0v) is 8.87. The Morgan fingerprint density at radius 3 is 2.67 bits per heavy atom. The van der Waals surface area contributed by atoms with Crippen molar-refractivity contribution >= 4 is 12.0 Å². The fraction of sp³-hybridized carbons (Fsp3) is 0.778. The van der Waals surface area contributed by atoms with Crippen molar-refractivity contribution in [1.82, 2.24) is 10.6 Å².